The fourth-order valence-corrected chi connectivity index (χ4v) is 6.51. The summed E-state index contributed by atoms with van der Waals surface area (Å²) in [6.07, 6.45) is 1.99. The van der Waals surface area contributed by atoms with E-state index in [4.69, 9.17) is 0 Å². The summed E-state index contributed by atoms with van der Waals surface area (Å²) < 4.78 is 2.35. The molecule has 1 heteroatoms. The van der Waals surface area contributed by atoms with E-state index in [-0.39, 0.29) is 0 Å². The molecule has 0 spiro atoms. The molecular weight excluding hydrogens is 482 g/mol. The van der Waals surface area contributed by atoms with Crippen LogP contribution in [0.4, 0.5) is 0 Å². The van der Waals surface area contributed by atoms with Crippen LogP contribution in [-0.2, 0) is 19.9 Å². The van der Waals surface area contributed by atoms with Crippen molar-refractivity contribution in [2.75, 3.05) is 0 Å². The molecule has 0 bridgehead atoms. The number of hydrogen-bond donors (Lipinski definition) is 0. The van der Waals surface area contributed by atoms with Crippen LogP contribution < -0.4 is 0 Å². The Balaban J connectivity index is 1.15. The van der Waals surface area contributed by atoms with Gasteiger partial charge in [0.15, 0.2) is 0 Å². The molecule has 1 heterocycles. The molecule has 0 unspecified atom stereocenters. The summed E-state index contributed by atoms with van der Waals surface area (Å²) in [7, 11) is 2.19. The molecule has 0 N–H and O–H groups in total. The zero-order valence-electron chi connectivity index (χ0n) is 22.6. The highest BCUT2D eigenvalue weighted by atomic mass is 14.9. The van der Waals surface area contributed by atoms with Gasteiger partial charge in [0.25, 0.3) is 0 Å². The molecule has 1 nitrogen and oxygen atoms in total. The Morgan fingerprint density at radius 3 is 1.77 bits per heavy atom. The van der Waals surface area contributed by atoms with Gasteiger partial charge in [-0.3, -0.25) is 0 Å². The van der Waals surface area contributed by atoms with Crippen molar-refractivity contribution in [3.63, 3.8) is 0 Å². The Morgan fingerprint density at radius 2 is 1.02 bits per heavy atom. The van der Waals surface area contributed by atoms with E-state index in [1.807, 2.05) is 0 Å². The Kier molecular flexibility index (Phi) is 5.24. The minimum atomic E-state index is 0.961. The molecule has 0 fully saturated rings. The quantitative estimate of drug-likeness (QED) is 0.222. The lowest BCUT2D eigenvalue weighted by atomic mass is 9.97. The van der Waals surface area contributed by atoms with E-state index < -0.39 is 0 Å². The van der Waals surface area contributed by atoms with E-state index in [1.165, 1.54) is 77.4 Å². The average Bonchev–Trinajstić information content (AvgIpc) is 3.52. The molecule has 1 aliphatic carbocycles. The Hall–Kier alpha value is -4.88. The average molecular weight is 512 g/mol. The van der Waals surface area contributed by atoms with Gasteiger partial charge in [-0.15, -0.1) is 0 Å². The number of benzene rings is 6. The Labute approximate surface area is 235 Å². The van der Waals surface area contributed by atoms with E-state index >= 15 is 0 Å². The molecule has 0 aliphatic heterocycles. The molecule has 0 atom stereocenters. The number of fused-ring (bicyclic) bond motifs is 6. The third-order valence-corrected chi connectivity index (χ3v) is 8.68. The number of hydrogen-bond acceptors (Lipinski definition) is 0. The van der Waals surface area contributed by atoms with Crippen molar-refractivity contribution in [2.45, 2.75) is 12.8 Å². The molecule has 7 aromatic rings. The minimum absolute atomic E-state index is 0.961. The lowest BCUT2D eigenvalue weighted by Crippen LogP contribution is -1.89. The van der Waals surface area contributed by atoms with Gasteiger partial charge in [-0.2, -0.15) is 0 Å². The van der Waals surface area contributed by atoms with E-state index in [2.05, 4.69) is 145 Å². The summed E-state index contributed by atoms with van der Waals surface area (Å²) in [5, 5.41) is 2.61. The second-order valence-electron chi connectivity index (χ2n) is 11.1. The predicted molar refractivity (Wildman–Crippen MR) is 169 cm³/mol. The second kappa shape index (κ2) is 9.10. The summed E-state index contributed by atoms with van der Waals surface area (Å²) in [6.45, 7) is 0. The molecule has 1 aromatic heterocycles. The van der Waals surface area contributed by atoms with Crippen molar-refractivity contribution < 1.29 is 0 Å². The molecule has 40 heavy (non-hydrogen) atoms. The van der Waals surface area contributed by atoms with Crippen molar-refractivity contribution in [3.05, 3.63) is 156 Å². The Morgan fingerprint density at radius 1 is 0.475 bits per heavy atom. The van der Waals surface area contributed by atoms with E-state index in [9.17, 15) is 0 Å². The van der Waals surface area contributed by atoms with E-state index in [0.29, 0.717) is 0 Å². The number of nitrogens with zero attached hydrogens (tertiary/aromatic N) is 1. The van der Waals surface area contributed by atoms with Crippen molar-refractivity contribution in [1.82, 2.24) is 4.57 Å². The zero-order chi connectivity index (χ0) is 26.6. The third-order valence-electron chi connectivity index (χ3n) is 8.68. The van der Waals surface area contributed by atoms with Crippen LogP contribution in [0.5, 0.6) is 0 Å². The molecule has 0 saturated carbocycles. The highest BCUT2D eigenvalue weighted by Crippen LogP contribution is 2.40. The number of aromatic nitrogens is 1. The van der Waals surface area contributed by atoms with E-state index in [0.717, 1.165) is 12.8 Å². The summed E-state index contributed by atoms with van der Waals surface area (Å²) in [5.74, 6) is 0. The first kappa shape index (κ1) is 23.0. The summed E-state index contributed by atoms with van der Waals surface area (Å²) in [4.78, 5) is 0. The SMILES string of the molecule is Cn1c2cc(-c3ccc(Cc4ccccc4)cc3)ccc2c2ccc(-c3ccc4c(c3)-c3ccccc3C4)cc21. The molecule has 0 amide bonds. The van der Waals surface area contributed by atoms with Gasteiger partial charge in [-0.05, 0) is 86.7 Å². The van der Waals surface area contributed by atoms with Crippen LogP contribution in [0.1, 0.15) is 22.3 Å². The smallest absolute Gasteiger partial charge is 0.0494 e. The molecule has 1 aliphatic rings. The van der Waals surface area contributed by atoms with Crippen LogP contribution in [0.2, 0.25) is 0 Å². The van der Waals surface area contributed by atoms with Gasteiger partial charge < -0.3 is 4.57 Å². The lowest BCUT2D eigenvalue weighted by Gasteiger charge is -2.08. The van der Waals surface area contributed by atoms with Crippen LogP contribution >= 0.6 is 0 Å². The topological polar surface area (TPSA) is 4.93 Å². The van der Waals surface area contributed by atoms with Crippen molar-refractivity contribution in [3.8, 4) is 33.4 Å². The molecule has 6 aromatic carbocycles. The van der Waals surface area contributed by atoms with Crippen LogP contribution in [0.25, 0.3) is 55.2 Å². The van der Waals surface area contributed by atoms with Crippen LogP contribution in [0.3, 0.4) is 0 Å². The first-order chi connectivity index (χ1) is 19.7. The normalized spacial score (nSPS) is 12.1. The number of aryl methyl sites for hydroxylation is 1. The molecular formula is C39H29N. The summed E-state index contributed by atoms with van der Waals surface area (Å²) >= 11 is 0. The standard InChI is InChI=1S/C39H29N/c1-40-38-24-30(28-13-11-27(12-14-28)21-26-7-3-2-4-8-26)17-19-35(38)36-20-18-31(25-39(36)40)29-15-16-33-22-32-9-5-6-10-34(32)37(33)23-29/h2-20,23-25H,21-22H2,1H3. The highest BCUT2D eigenvalue weighted by Gasteiger charge is 2.19. The van der Waals surface area contributed by atoms with Crippen molar-refractivity contribution >= 4 is 21.8 Å². The van der Waals surface area contributed by atoms with Gasteiger partial charge in [0, 0.05) is 28.9 Å². The van der Waals surface area contributed by atoms with Crippen LogP contribution in [0.15, 0.2) is 133 Å². The fourth-order valence-electron chi connectivity index (χ4n) is 6.51. The van der Waals surface area contributed by atoms with Gasteiger partial charge in [0.1, 0.15) is 0 Å². The van der Waals surface area contributed by atoms with Gasteiger partial charge >= 0.3 is 0 Å². The maximum absolute atomic E-state index is 2.38. The number of rotatable bonds is 4. The highest BCUT2D eigenvalue weighted by molar-refractivity contribution is 6.10. The molecule has 0 saturated heterocycles. The zero-order valence-corrected chi connectivity index (χ0v) is 22.6. The maximum atomic E-state index is 2.38. The summed E-state index contributed by atoms with van der Waals surface area (Å²) in [6, 6.07) is 49.3. The molecule has 0 radical (unpaired) electrons. The minimum Gasteiger partial charge on any atom is -0.344 e. The van der Waals surface area contributed by atoms with Gasteiger partial charge in [0.05, 0.1) is 0 Å². The monoisotopic (exact) mass is 511 g/mol. The van der Waals surface area contributed by atoms with Crippen molar-refractivity contribution in [1.29, 1.82) is 0 Å². The summed E-state index contributed by atoms with van der Waals surface area (Å²) in [5.41, 5.74) is 15.9. The van der Waals surface area contributed by atoms with Gasteiger partial charge in [0.2, 0.25) is 0 Å². The van der Waals surface area contributed by atoms with Gasteiger partial charge in [-0.25, -0.2) is 0 Å². The first-order valence-corrected chi connectivity index (χ1v) is 14.1. The van der Waals surface area contributed by atoms with Gasteiger partial charge in [-0.1, -0.05) is 115 Å². The van der Waals surface area contributed by atoms with Crippen LogP contribution in [0, 0.1) is 0 Å². The largest absolute Gasteiger partial charge is 0.344 e. The Bertz CT molecular complexity index is 2040. The fraction of sp³-hybridized carbons (Fsp3) is 0.0769. The molecule has 8 rings (SSSR count). The maximum Gasteiger partial charge on any atom is 0.0494 e. The lowest BCUT2D eigenvalue weighted by molar-refractivity contribution is 1.01. The van der Waals surface area contributed by atoms with E-state index in [1.54, 1.807) is 0 Å². The predicted octanol–water partition coefficient (Wildman–Crippen LogP) is 9.83. The third kappa shape index (κ3) is 3.78. The van der Waals surface area contributed by atoms with Crippen molar-refractivity contribution in [2.24, 2.45) is 7.05 Å². The molecule has 190 valence electrons. The first-order valence-electron chi connectivity index (χ1n) is 14.1. The van der Waals surface area contributed by atoms with Crippen LogP contribution in [-0.4, -0.2) is 4.57 Å². The second-order valence-corrected chi connectivity index (χ2v) is 11.1.